The second-order valence-electron chi connectivity index (χ2n) is 4.90. The number of rotatable bonds is 3. The van der Waals surface area contributed by atoms with Crippen molar-refractivity contribution in [3.63, 3.8) is 0 Å². The minimum atomic E-state index is -2.65. The third kappa shape index (κ3) is 2.88. The van der Waals surface area contributed by atoms with E-state index in [1.165, 1.54) is 6.07 Å². The summed E-state index contributed by atoms with van der Waals surface area (Å²) in [7, 11) is 0. The summed E-state index contributed by atoms with van der Waals surface area (Å²) in [5.74, 6) is 0.265. The molecule has 22 heavy (non-hydrogen) atoms. The summed E-state index contributed by atoms with van der Waals surface area (Å²) in [6.45, 7) is 1.12. The topological polar surface area (TPSA) is 49.3 Å². The van der Waals surface area contributed by atoms with Gasteiger partial charge in [-0.2, -0.15) is 0 Å². The molecule has 1 aliphatic heterocycles. The lowest BCUT2D eigenvalue weighted by Gasteiger charge is -2.35. The summed E-state index contributed by atoms with van der Waals surface area (Å²) in [5, 5.41) is 0. The van der Waals surface area contributed by atoms with E-state index in [0.717, 1.165) is 12.0 Å². The molecule has 0 unspecified atom stereocenters. The van der Waals surface area contributed by atoms with Gasteiger partial charge in [0.2, 0.25) is 5.91 Å². The number of alkyl halides is 2. The number of carbonyl (C=O) groups excluding carboxylic acids is 1. The third-order valence-corrected chi connectivity index (χ3v) is 3.51. The van der Waals surface area contributed by atoms with Gasteiger partial charge in [0.25, 0.3) is 6.43 Å². The number of piperazine rings is 1. The number of anilines is 2. The zero-order chi connectivity index (χ0) is 15.5. The van der Waals surface area contributed by atoms with Crippen LogP contribution in [0.2, 0.25) is 0 Å². The molecule has 2 aromatic rings. The highest BCUT2D eigenvalue weighted by Crippen LogP contribution is 2.22. The Morgan fingerprint density at radius 1 is 1.09 bits per heavy atom. The molecule has 0 bridgehead atoms. The Balaban J connectivity index is 1.75. The maximum Gasteiger partial charge on any atom is 0.280 e. The molecule has 1 amide bonds. The number of hydrogen-bond acceptors (Lipinski definition) is 4. The number of para-hydroxylation sites is 1. The van der Waals surface area contributed by atoms with Crippen LogP contribution in [-0.2, 0) is 4.79 Å². The quantitative estimate of drug-likeness (QED) is 0.873. The number of amides is 1. The van der Waals surface area contributed by atoms with Crippen LogP contribution >= 0.6 is 0 Å². The first-order chi connectivity index (χ1) is 10.6. The molecule has 0 radical (unpaired) electrons. The Hall–Kier alpha value is -2.57. The fourth-order valence-corrected chi connectivity index (χ4v) is 2.40. The fourth-order valence-electron chi connectivity index (χ4n) is 2.40. The highest BCUT2D eigenvalue weighted by atomic mass is 19.3. The van der Waals surface area contributed by atoms with Gasteiger partial charge in [0.15, 0.2) is 0 Å². The van der Waals surface area contributed by atoms with Crippen LogP contribution in [0.1, 0.15) is 12.1 Å². The van der Waals surface area contributed by atoms with Crippen molar-refractivity contribution in [3.8, 4) is 0 Å². The van der Waals surface area contributed by atoms with Crippen molar-refractivity contribution in [3.05, 3.63) is 48.4 Å². The normalized spacial score (nSPS) is 15.5. The van der Waals surface area contributed by atoms with Gasteiger partial charge in [-0.05, 0) is 12.1 Å². The van der Waals surface area contributed by atoms with E-state index in [2.05, 4.69) is 9.97 Å². The summed E-state index contributed by atoms with van der Waals surface area (Å²) < 4.78 is 25.4. The Labute approximate surface area is 126 Å². The molecule has 7 heteroatoms. The summed E-state index contributed by atoms with van der Waals surface area (Å²) in [4.78, 5) is 23.2. The predicted octanol–water partition coefficient (Wildman–Crippen LogP) is 2.27. The molecular weight excluding hydrogens is 290 g/mol. The molecule has 1 fully saturated rings. The van der Waals surface area contributed by atoms with Gasteiger partial charge in [0.1, 0.15) is 17.8 Å². The maximum atomic E-state index is 12.7. The SMILES string of the molecule is O=C1CN(c2cc(C(F)F)ncn2)CCN1c1ccccc1. The van der Waals surface area contributed by atoms with Crippen LogP contribution in [0, 0.1) is 0 Å². The summed E-state index contributed by atoms with van der Waals surface area (Å²) >= 11 is 0. The van der Waals surface area contributed by atoms with Crippen molar-refractivity contribution in [2.24, 2.45) is 0 Å². The zero-order valence-corrected chi connectivity index (χ0v) is 11.7. The molecule has 0 atom stereocenters. The van der Waals surface area contributed by atoms with Crippen molar-refractivity contribution in [2.75, 3.05) is 29.4 Å². The van der Waals surface area contributed by atoms with Gasteiger partial charge in [-0.25, -0.2) is 18.7 Å². The van der Waals surface area contributed by atoms with Crippen LogP contribution in [0.5, 0.6) is 0 Å². The second-order valence-corrected chi connectivity index (χ2v) is 4.90. The van der Waals surface area contributed by atoms with Gasteiger partial charge < -0.3 is 9.80 Å². The average molecular weight is 304 g/mol. The van der Waals surface area contributed by atoms with E-state index in [1.54, 1.807) is 9.80 Å². The number of halogens is 2. The number of hydrogen-bond donors (Lipinski definition) is 0. The molecule has 1 aromatic carbocycles. The Bertz CT molecular complexity index is 666. The minimum absolute atomic E-state index is 0.0883. The molecule has 1 aromatic heterocycles. The first kappa shape index (κ1) is 14.4. The number of nitrogens with zero attached hydrogens (tertiary/aromatic N) is 4. The Kier molecular flexibility index (Phi) is 3.95. The Morgan fingerprint density at radius 3 is 2.55 bits per heavy atom. The lowest BCUT2D eigenvalue weighted by atomic mass is 10.2. The Morgan fingerprint density at radius 2 is 1.86 bits per heavy atom. The van der Waals surface area contributed by atoms with Crippen molar-refractivity contribution in [1.82, 2.24) is 9.97 Å². The van der Waals surface area contributed by atoms with Crippen molar-refractivity contribution in [1.29, 1.82) is 0 Å². The molecular formula is C15H14F2N4O. The van der Waals surface area contributed by atoms with Gasteiger partial charge in [0.05, 0.1) is 6.54 Å². The number of aromatic nitrogens is 2. The van der Waals surface area contributed by atoms with E-state index in [4.69, 9.17) is 0 Å². The first-order valence-corrected chi connectivity index (χ1v) is 6.85. The van der Waals surface area contributed by atoms with Gasteiger partial charge in [0, 0.05) is 24.8 Å². The molecule has 1 saturated heterocycles. The van der Waals surface area contributed by atoms with E-state index in [1.807, 2.05) is 30.3 Å². The monoisotopic (exact) mass is 304 g/mol. The summed E-state index contributed by atoms with van der Waals surface area (Å²) in [6, 6.07) is 10.6. The van der Waals surface area contributed by atoms with Gasteiger partial charge in [-0.15, -0.1) is 0 Å². The predicted molar refractivity (Wildman–Crippen MR) is 78.0 cm³/mol. The molecule has 3 rings (SSSR count). The fraction of sp³-hybridized carbons (Fsp3) is 0.267. The smallest absolute Gasteiger partial charge is 0.280 e. The lowest BCUT2D eigenvalue weighted by molar-refractivity contribution is -0.117. The first-order valence-electron chi connectivity index (χ1n) is 6.85. The van der Waals surface area contributed by atoms with Crippen LogP contribution in [0.25, 0.3) is 0 Å². The third-order valence-electron chi connectivity index (χ3n) is 3.51. The summed E-state index contributed by atoms with van der Waals surface area (Å²) in [5.41, 5.74) is 0.506. The molecule has 5 nitrogen and oxygen atoms in total. The van der Waals surface area contributed by atoms with Crippen LogP contribution in [0.3, 0.4) is 0 Å². The van der Waals surface area contributed by atoms with Crippen molar-refractivity contribution < 1.29 is 13.6 Å². The van der Waals surface area contributed by atoms with Crippen molar-refractivity contribution in [2.45, 2.75) is 6.43 Å². The van der Waals surface area contributed by atoms with E-state index in [0.29, 0.717) is 18.9 Å². The zero-order valence-electron chi connectivity index (χ0n) is 11.7. The maximum absolute atomic E-state index is 12.7. The van der Waals surface area contributed by atoms with E-state index in [9.17, 15) is 13.6 Å². The molecule has 0 saturated carbocycles. The van der Waals surface area contributed by atoms with E-state index >= 15 is 0 Å². The number of benzene rings is 1. The van der Waals surface area contributed by atoms with Gasteiger partial charge in [-0.3, -0.25) is 4.79 Å². The standard InChI is InChI=1S/C15H14F2N4O/c16-15(17)12-8-13(19-10-18-12)20-6-7-21(14(22)9-20)11-4-2-1-3-5-11/h1-5,8,10,15H,6-7,9H2. The molecule has 0 aliphatic carbocycles. The second kappa shape index (κ2) is 6.05. The molecule has 1 aliphatic rings. The van der Waals surface area contributed by atoms with E-state index in [-0.39, 0.29) is 18.1 Å². The molecule has 0 N–H and O–H groups in total. The van der Waals surface area contributed by atoms with Crippen LogP contribution < -0.4 is 9.80 Å². The minimum Gasteiger partial charge on any atom is -0.345 e. The molecule has 2 heterocycles. The molecule has 0 spiro atoms. The molecule has 114 valence electrons. The highest BCUT2D eigenvalue weighted by molar-refractivity contribution is 5.97. The average Bonchev–Trinajstić information content (AvgIpc) is 2.55. The van der Waals surface area contributed by atoms with Crippen LogP contribution in [0.4, 0.5) is 20.3 Å². The van der Waals surface area contributed by atoms with E-state index < -0.39 is 6.43 Å². The van der Waals surface area contributed by atoms with Crippen molar-refractivity contribution >= 4 is 17.4 Å². The van der Waals surface area contributed by atoms with Crippen LogP contribution in [0.15, 0.2) is 42.7 Å². The summed E-state index contributed by atoms with van der Waals surface area (Å²) in [6.07, 6.45) is -1.55. The highest BCUT2D eigenvalue weighted by Gasteiger charge is 2.26. The number of carbonyl (C=O) groups is 1. The van der Waals surface area contributed by atoms with Crippen LogP contribution in [-0.4, -0.2) is 35.5 Å². The van der Waals surface area contributed by atoms with Gasteiger partial charge in [-0.1, -0.05) is 18.2 Å². The largest absolute Gasteiger partial charge is 0.345 e. The lowest BCUT2D eigenvalue weighted by Crippen LogP contribution is -2.51. The van der Waals surface area contributed by atoms with Gasteiger partial charge >= 0.3 is 0 Å².